The maximum atomic E-state index is 12.8. The minimum absolute atomic E-state index is 0.00183. The summed E-state index contributed by atoms with van der Waals surface area (Å²) in [6.07, 6.45) is 37.9. The van der Waals surface area contributed by atoms with Gasteiger partial charge in [-0.15, -0.1) is 0 Å². The van der Waals surface area contributed by atoms with Crippen molar-refractivity contribution in [3.63, 3.8) is 0 Å². The third-order valence-electron chi connectivity index (χ3n) is 9.16. The van der Waals surface area contributed by atoms with Gasteiger partial charge < -0.3 is 28.8 Å². The van der Waals surface area contributed by atoms with Gasteiger partial charge in [-0.2, -0.15) is 0 Å². The van der Waals surface area contributed by atoms with Crippen molar-refractivity contribution in [3.05, 3.63) is 24.3 Å². The normalized spacial score (nSPS) is 14.8. The molecule has 2 N–H and O–H groups in total. The smallest absolute Gasteiger partial charge is 0.268 e. The number of aliphatic hydroxyl groups excluding tert-OH is 1. The van der Waals surface area contributed by atoms with Crippen LogP contribution in [-0.4, -0.2) is 68.5 Å². The summed E-state index contributed by atoms with van der Waals surface area (Å²) in [4.78, 5) is 25.2. The molecule has 0 rings (SSSR count). The van der Waals surface area contributed by atoms with Crippen molar-refractivity contribution in [1.29, 1.82) is 0 Å². The second kappa shape index (κ2) is 33.8. The second-order valence-electron chi connectivity index (χ2n) is 15.3. The summed E-state index contributed by atoms with van der Waals surface area (Å²) in [6, 6.07) is -0.886. The average molecular weight is 729 g/mol. The zero-order valence-electron chi connectivity index (χ0n) is 33.4. The van der Waals surface area contributed by atoms with E-state index in [1.165, 1.54) is 96.3 Å². The molecule has 0 heterocycles. The number of carbonyl (C=O) groups excluding carboxylic acids is 1. The number of nitrogens with zero attached hydrogens (tertiary/aromatic N) is 1. The molecule has 0 aromatic heterocycles. The van der Waals surface area contributed by atoms with Gasteiger partial charge in [0.2, 0.25) is 5.91 Å². The van der Waals surface area contributed by atoms with Crippen LogP contribution >= 0.6 is 7.82 Å². The van der Waals surface area contributed by atoms with Gasteiger partial charge in [0.05, 0.1) is 39.9 Å². The van der Waals surface area contributed by atoms with Crippen LogP contribution in [-0.2, 0) is 18.4 Å². The van der Waals surface area contributed by atoms with Crippen LogP contribution in [0.4, 0.5) is 0 Å². The van der Waals surface area contributed by atoms with Gasteiger partial charge in [0, 0.05) is 6.42 Å². The first-order valence-electron chi connectivity index (χ1n) is 20.7. The highest BCUT2D eigenvalue weighted by Crippen LogP contribution is 2.38. The molecular weight excluding hydrogens is 647 g/mol. The lowest BCUT2D eigenvalue weighted by atomic mass is 10.0. The number of likely N-dealkylation sites (N-methyl/N-ethyl adjacent to an activating group) is 1. The topological polar surface area (TPSA) is 108 Å². The molecule has 3 unspecified atom stereocenters. The van der Waals surface area contributed by atoms with Crippen molar-refractivity contribution >= 4 is 13.7 Å². The number of aliphatic hydroxyl groups is 1. The molecule has 0 bridgehead atoms. The standard InChI is InChI=1S/C41H81N2O6P/c1-6-8-10-12-14-16-18-19-20-21-22-23-25-26-28-30-32-34-40(44)39(38-49-50(46,47)48-37-36-43(3,4)5)42-41(45)35-33-31-29-27-24-17-15-13-11-9-7-2/h13,15,32,34,39-40,44H,6-12,14,16-31,33,35-38H2,1-5H3,(H-,42,45,46,47)/b15-13-,34-32+. The van der Waals surface area contributed by atoms with Gasteiger partial charge in [-0.1, -0.05) is 160 Å². The molecule has 3 atom stereocenters. The van der Waals surface area contributed by atoms with Crippen molar-refractivity contribution in [1.82, 2.24) is 5.32 Å². The van der Waals surface area contributed by atoms with Crippen LogP contribution in [0.15, 0.2) is 24.3 Å². The molecule has 9 heteroatoms. The fraction of sp³-hybridized carbons (Fsp3) is 0.878. The number of phosphoric ester groups is 1. The predicted octanol–water partition coefficient (Wildman–Crippen LogP) is 10.3. The molecule has 0 radical (unpaired) electrons. The minimum Gasteiger partial charge on any atom is -0.756 e. The van der Waals surface area contributed by atoms with E-state index in [4.69, 9.17) is 9.05 Å². The Morgan fingerprint density at radius 3 is 1.62 bits per heavy atom. The monoisotopic (exact) mass is 729 g/mol. The molecule has 296 valence electrons. The molecule has 0 fully saturated rings. The fourth-order valence-corrected chi connectivity index (χ4v) is 6.50. The zero-order chi connectivity index (χ0) is 37.2. The van der Waals surface area contributed by atoms with Gasteiger partial charge in [0.25, 0.3) is 7.82 Å². The number of unbranched alkanes of at least 4 members (excludes halogenated alkanes) is 22. The Morgan fingerprint density at radius 1 is 0.680 bits per heavy atom. The molecule has 50 heavy (non-hydrogen) atoms. The molecule has 8 nitrogen and oxygen atoms in total. The second-order valence-corrected chi connectivity index (χ2v) is 16.8. The number of amides is 1. The molecule has 0 aliphatic carbocycles. The van der Waals surface area contributed by atoms with Crippen LogP contribution in [0.3, 0.4) is 0 Å². The first-order valence-corrected chi connectivity index (χ1v) is 22.2. The van der Waals surface area contributed by atoms with Crippen LogP contribution in [0.25, 0.3) is 0 Å². The molecule has 0 aromatic carbocycles. The lowest BCUT2D eigenvalue weighted by molar-refractivity contribution is -0.870. The van der Waals surface area contributed by atoms with Crippen LogP contribution in [0.5, 0.6) is 0 Å². The lowest BCUT2D eigenvalue weighted by Gasteiger charge is -2.29. The highest BCUT2D eigenvalue weighted by molar-refractivity contribution is 7.45. The largest absolute Gasteiger partial charge is 0.756 e. The molecule has 0 spiro atoms. The van der Waals surface area contributed by atoms with Gasteiger partial charge >= 0.3 is 0 Å². The van der Waals surface area contributed by atoms with Crippen molar-refractivity contribution in [3.8, 4) is 0 Å². The summed E-state index contributed by atoms with van der Waals surface area (Å²) in [7, 11) is 1.25. The van der Waals surface area contributed by atoms with E-state index in [2.05, 4.69) is 31.3 Å². The van der Waals surface area contributed by atoms with Gasteiger partial charge in [-0.05, 0) is 38.5 Å². The maximum absolute atomic E-state index is 12.8. The molecule has 1 amide bonds. The number of allylic oxidation sites excluding steroid dienone is 3. The predicted molar refractivity (Wildman–Crippen MR) is 210 cm³/mol. The minimum atomic E-state index is -4.58. The molecule has 0 saturated heterocycles. The first-order chi connectivity index (χ1) is 24.0. The van der Waals surface area contributed by atoms with Gasteiger partial charge in [0.1, 0.15) is 13.2 Å². The summed E-state index contributed by atoms with van der Waals surface area (Å²) < 4.78 is 23.1. The van der Waals surface area contributed by atoms with E-state index in [9.17, 15) is 19.4 Å². The number of quaternary nitrogens is 1. The molecular formula is C41H81N2O6P. The van der Waals surface area contributed by atoms with Crippen molar-refractivity contribution < 1.29 is 32.9 Å². The number of phosphoric acid groups is 1. The van der Waals surface area contributed by atoms with E-state index >= 15 is 0 Å². The van der Waals surface area contributed by atoms with E-state index in [1.807, 2.05) is 27.2 Å². The van der Waals surface area contributed by atoms with Crippen LogP contribution in [0, 0.1) is 0 Å². The summed E-state index contributed by atoms with van der Waals surface area (Å²) >= 11 is 0. The van der Waals surface area contributed by atoms with E-state index in [0.717, 1.165) is 64.2 Å². The van der Waals surface area contributed by atoms with Gasteiger partial charge in [0.15, 0.2) is 0 Å². The Bertz CT molecular complexity index is 876. The van der Waals surface area contributed by atoms with E-state index < -0.39 is 20.0 Å². The van der Waals surface area contributed by atoms with Crippen molar-refractivity contribution in [2.75, 3.05) is 40.9 Å². The Kier molecular flexibility index (Phi) is 33.1. The number of rotatable bonds is 37. The highest BCUT2D eigenvalue weighted by Gasteiger charge is 2.23. The lowest BCUT2D eigenvalue weighted by Crippen LogP contribution is -2.45. The van der Waals surface area contributed by atoms with Crippen LogP contribution in [0.1, 0.15) is 181 Å². The summed E-state index contributed by atoms with van der Waals surface area (Å²) in [5.41, 5.74) is 0. The van der Waals surface area contributed by atoms with E-state index in [1.54, 1.807) is 6.08 Å². The third kappa shape index (κ3) is 35.4. The maximum Gasteiger partial charge on any atom is 0.268 e. The van der Waals surface area contributed by atoms with Gasteiger partial charge in [-0.25, -0.2) is 0 Å². The van der Waals surface area contributed by atoms with Crippen LogP contribution in [0.2, 0.25) is 0 Å². The summed E-state index contributed by atoms with van der Waals surface area (Å²) in [5, 5.41) is 13.7. The SMILES string of the molecule is CCCC/C=C\CCCCCCCC(=O)NC(COP(=O)([O-])OCC[N+](C)(C)C)C(O)/C=C/CCCCCCCCCCCCCCCCC. The number of hydrogen-bond donors (Lipinski definition) is 2. The summed E-state index contributed by atoms with van der Waals surface area (Å²) in [5.74, 6) is -0.209. The van der Waals surface area contributed by atoms with Crippen LogP contribution < -0.4 is 10.2 Å². The average Bonchev–Trinajstić information content (AvgIpc) is 3.06. The quantitative estimate of drug-likeness (QED) is 0.0285. The Hall–Kier alpha value is -1.02. The fourth-order valence-electron chi connectivity index (χ4n) is 5.78. The van der Waals surface area contributed by atoms with Gasteiger partial charge in [-0.3, -0.25) is 9.36 Å². The van der Waals surface area contributed by atoms with Crippen molar-refractivity contribution in [2.45, 2.75) is 193 Å². The molecule has 0 saturated carbocycles. The van der Waals surface area contributed by atoms with E-state index in [-0.39, 0.29) is 19.1 Å². The third-order valence-corrected chi connectivity index (χ3v) is 10.1. The first kappa shape index (κ1) is 49.0. The highest BCUT2D eigenvalue weighted by atomic mass is 31.2. The summed E-state index contributed by atoms with van der Waals surface area (Å²) in [6.45, 7) is 4.59. The van der Waals surface area contributed by atoms with E-state index in [0.29, 0.717) is 17.4 Å². The van der Waals surface area contributed by atoms with Crippen molar-refractivity contribution in [2.24, 2.45) is 0 Å². The Labute approximate surface area is 309 Å². The Morgan fingerprint density at radius 2 is 1.12 bits per heavy atom. The Balaban J connectivity index is 4.46. The number of nitrogens with one attached hydrogen (secondary N) is 1. The zero-order valence-corrected chi connectivity index (χ0v) is 34.2. The molecule has 0 aromatic rings. The number of hydrogen-bond acceptors (Lipinski definition) is 6. The number of carbonyl (C=O) groups is 1. The molecule has 0 aliphatic rings. The molecule has 0 aliphatic heterocycles.